The Morgan fingerprint density at radius 2 is 2.10 bits per heavy atom. The fraction of sp³-hybridized carbons (Fsp3) is 0.591. The third-order valence-electron chi connectivity index (χ3n) is 5.40. The summed E-state index contributed by atoms with van der Waals surface area (Å²) in [4.78, 5) is 12.7. The standard InChI is InChI=1S/C22H31ClO5S/c1-14-19(23)12-16(29-14)10-8-15(24)9-11-18-17(20(25)13-21(18)26)6-4-2-3-5-7-22(27)28/h2,4,9,11-12,15,17-18,20-21,24-26H,3,5-8,10,13H2,1H3,(H,27,28)/t15?,17-,18-,20?,21?/m1/s1. The van der Waals surface area contributed by atoms with Gasteiger partial charge in [0.05, 0.1) is 23.3 Å². The zero-order valence-corrected chi connectivity index (χ0v) is 18.3. The molecular formula is C22H31ClO5S. The SMILES string of the molecule is Cc1sc(CCC(O)C=C[C@H]2C(O)CC(O)[C@@H]2CC=CCCCC(=O)O)cc1Cl. The highest BCUT2D eigenvalue weighted by atomic mass is 35.5. The number of halogens is 1. The zero-order chi connectivity index (χ0) is 21.4. The molecule has 1 aromatic rings. The number of rotatable bonds is 11. The van der Waals surface area contributed by atoms with Gasteiger partial charge in [0.1, 0.15) is 0 Å². The van der Waals surface area contributed by atoms with Gasteiger partial charge in [0, 0.05) is 28.5 Å². The largest absolute Gasteiger partial charge is 0.481 e. The van der Waals surface area contributed by atoms with Gasteiger partial charge in [-0.3, -0.25) is 4.79 Å². The second-order valence-electron chi connectivity index (χ2n) is 7.71. The number of thiophene rings is 1. The second kappa shape index (κ2) is 11.9. The highest BCUT2D eigenvalue weighted by Crippen LogP contribution is 2.36. The van der Waals surface area contributed by atoms with E-state index in [0.717, 1.165) is 21.2 Å². The number of carboxylic acids is 1. The van der Waals surface area contributed by atoms with E-state index in [1.54, 1.807) is 17.4 Å². The van der Waals surface area contributed by atoms with Gasteiger partial charge in [-0.2, -0.15) is 0 Å². The van der Waals surface area contributed by atoms with Gasteiger partial charge in [0.2, 0.25) is 0 Å². The van der Waals surface area contributed by atoms with Crippen LogP contribution in [0.15, 0.2) is 30.4 Å². The molecule has 1 heterocycles. The lowest BCUT2D eigenvalue weighted by Crippen LogP contribution is -2.20. The summed E-state index contributed by atoms with van der Waals surface area (Å²) in [6.07, 6.45) is 9.29. The first-order chi connectivity index (χ1) is 13.8. The molecule has 1 fully saturated rings. The molecule has 7 heteroatoms. The molecule has 0 spiro atoms. The van der Waals surface area contributed by atoms with Crippen LogP contribution in [-0.4, -0.2) is 44.7 Å². The lowest BCUT2D eigenvalue weighted by Gasteiger charge is -2.19. The molecule has 0 radical (unpaired) electrons. The van der Waals surface area contributed by atoms with Crippen LogP contribution >= 0.6 is 22.9 Å². The summed E-state index contributed by atoms with van der Waals surface area (Å²) in [5, 5.41) is 40.2. The van der Waals surface area contributed by atoms with Crippen LogP contribution in [0.2, 0.25) is 5.02 Å². The first kappa shape index (κ1) is 24.1. The van der Waals surface area contributed by atoms with Crippen molar-refractivity contribution >= 4 is 28.9 Å². The molecule has 0 amide bonds. The van der Waals surface area contributed by atoms with Crippen LogP contribution in [0.1, 0.15) is 48.3 Å². The molecule has 5 atom stereocenters. The van der Waals surface area contributed by atoms with Gasteiger partial charge in [-0.25, -0.2) is 0 Å². The molecule has 2 rings (SSSR count). The third kappa shape index (κ3) is 7.87. The number of carbonyl (C=O) groups is 1. The van der Waals surface area contributed by atoms with E-state index in [1.165, 1.54) is 0 Å². The molecule has 0 aliphatic heterocycles. The maximum Gasteiger partial charge on any atom is 0.303 e. The quantitative estimate of drug-likeness (QED) is 0.305. The molecule has 29 heavy (non-hydrogen) atoms. The highest BCUT2D eigenvalue weighted by molar-refractivity contribution is 7.12. The minimum Gasteiger partial charge on any atom is -0.481 e. The highest BCUT2D eigenvalue weighted by Gasteiger charge is 2.39. The van der Waals surface area contributed by atoms with Crippen LogP contribution in [0.25, 0.3) is 0 Å². The minimum atomic E-state index is -0.797. The van der Waals surface area contributed by atoms with Gasteiger partial charge in [-0.05, 0) is 51.0 Å². The van der Waals surface area contributed by atoms with Crippen molar-refractivity contribution < 1.29 is 25.2 Å². The van der Waals surface area contributed by atoms with E-state index in [0.29, 0.717) is 32.1 Å². The lowest BCUT2D eigenvalue weighted by atomic mass is 9.89. The summed E-state index contributed by atoms with van der Waals surface area (Å²) in [7, 11) is 0. The Morgan fingerprint density at radius 1 is 1.34 bits per heavy atom. The van der Waals surface area contributed by atoms with E-state index in [1.807, 2.05) is 31.2 Å². The van der Waals surface area contributed by atoms with Crippen molar-refractivity contribution in [3.8, 4) is 0 Å². The Hall–Kier alpha value is -1.18. The molecule has 0 bridgehead atoms. The number of aryl methyl sites for hydroxylation is 2. The van der Waals surface area contributed by atoms with Crippen molar-refractivity contribution in [2.24, 2.45) is 11.8 Å². The van der Waals surface area contributed by atoms with Gasteiger partial charge < -0.3 is 20.4 Å². The van der Waals surface area contributed by atoms with E-state index in [2.05, 4.69) is 0 Å². The predicted octanol–water partition coefficient (Wildman–Crippen LogP) is 4.12. The number of allylic oxidation sites excluding steroid dienone is 2. The number of aliphatic hydroxyl groups excluding tert-OH is 3. The number of unbranched alkanes of at least 4 members (excludes halogenated alkanes) is 1. The Labute approximate surface area is 181 Å². The third-order valence-corrected chi connectivity index (χ3v) is 7.02. The average molecular weight is 443 g/mol. The van der Waals surface area contributed by atoms with E-state index in [9.17, 15) is 20.1 Å². The maximum absolute atomic E-state index is 10.5. The van der Waals surface area contributed by atoms with Crippen molar-refractivity contribution in [2.45, 2.75) is 70.2 Å². The molecule has 1 aliphatic carbocycles. The summed E-state index contributed by atoms with van der Waals surface area (Å²) in [6.45, 7) is 1.97. The minimum absolute atomic E-state index is 0.108. The van der Waals surface area contributed by atoms with E-state index >= 15 is 0 Å². The monoisotopic (exact) mass is 442 g/mol. The summed E-state index contributed by atoms with van der Waals surface area (Å²) >= 11 is 7.71. The normalized spacial score (nSPS) is 26.0. The molecule has 1 aliphatic rings. The van der Waals surface area contributed by atoms with Crippen molar-refractivity contribution in [3.63, 3.8) is 0 Å². The summed E-state index contributed by atoms with van der Waals surface area (Å²) in [5.74, 6) is -1.11. The van der Waals surface area contributed by atoms with Crippen molar-refractivity contribution in [3.05, 3.63) is 45.1 Å². The second-order valence-corrected chi connectivity index (χ2v) is 9.46. The molecule has 5 nitrogen and oxygen atoms in total. The summed E-state index contributed by atoms with van der Waals surface area (Å²) < 4.78 is 0. The molecule has 0 aromatic carbocycles. The van der Waals surface area contributed by atoms with Gasteiger partial charge in [0.15, 0.2) is 0 Å². The number of hydrogen-bond acceptors (Lipinski definition) is 5. The van der Waals surface area contributed by atoms with Crippen LogP contribution < -0.4 is 0 Å². The molecule has 1 aromatic heterocycles. The molecular weight excluding hydrogens is 412 g/mol. The van der Waals surface area contributed by atoms with E-state index in [4.69, 9.17) is 16.7 Å². The maximum atomic E-state index is 10.5. The van der Waals surface area contributed by atoms with Gasteiger partial charge in [-0.1, -0.05) is 35.9 Å². The van der Waals surface area contributed by atoms with Crippen LogP contribution in [-0.2, 0) is 11.2 Å². The fourth-order valence-corrected chi connectivity index (χ4v) is 4.99. The lowest BCUT2D eigenvalue weighted by molar-refractivity contribution is -0.137. The Balaban J connectivity index is 1.83. The molecule has 0 saturated heterocycles. The van der Waals surface area contributed by atoms with E-state index < -0.39 is 24.3 Å². The number of aliphatic carboxylic acids is 1. The van der Waals surface area contributed by atoms with Gasteiger partial charge in [-0.15, -0.1) is 11.3 Å². The Morgan fingerprint density at radius 3 is 2.76 bits per heavy atom. The van der Waals surface area contributed by atoms with E-state index in [-0.39, 0.29) is 18.3 Å². The number of carboxylic acid groups (broad SMARTS) is 1. The first-order valence-corrected chi connectivity index (χ1v) is 11.3. The topological polar surface area (TPSA) is 98.0 Å². The van der Waals surface area contributed by atoms with Gasteiger partial charge in [0.25, 0.3) is 0 Å². The first-order valence-electron chi connectivity index (χ1n) is 10.1. The molecule has 4 N–H and O–H groups in total. The fourth-order valence-electron chi connectivity index (χ4n) is 3.73. The molecule has 1 saturated carbocycles. The van der Waals surface area contributed by atoms with Crippen LogP contribution in [0, 0.1) is 18.8 Å². The zero-order valence-electron chi connectivity index (χ0n) is 16.7. The summed E-state index contributed by atoms with van der Waals surface area (Å²) in [6, 6.07) is 1.94. The summed E-state index contributed by atoms with van der Waals surface area (Å²) in [5.41, 5.74) is 0. The Bertz CT molecular complexity index is 695. The van der Waals surface area contributed by atoms with Crippen molar-refractivity contribution in [1.29, 1.82) is 0 Å². The van der Waals surface area contributed by atoms with Crippen LogP contribution in [0.4, 0.5) is 0 Å². The van der Waals surface area contributed by atoms with Crippen LogP contribution in [0.5, 0.6) is 0 Å². The average Bonchev–Trinajstić information content (AvgIpc) is 3.11. The van der Waals surface area contributed by atoms with Crippen molar-refractivity contribution in [1.82, 2.24) is 0 Å². The molecule has 3 unspecified atom stereocenters. The number of aliphatic hydroxyl groups is 3. The molecule has 162 valence electrons. The number of hydrogen-bond donors (Lipinski definition) is 4. The smallest absolute Gasteiger partial charge is 0.303 e. The Kier molecular flexibility index (Phi) is 9.86. The van der Waals surface area contributed by atoms with Crippen LogP contribution in [0.3, 0.4) is 0 Å². The van der Waals surface area contributed by atoms with Gasteiger partial charge >= 0.3 is 5.97 Å². The van der Waals surface area contributed by atoms with Crippen molar-refractivity contribution in [2.75, 3.05) is 0 Å². The predicted molar refractivity (Wildman–Crippen MR) is 116 cm³/mol.